The molecule has 2 atom stereocenters. The van der Waals surface area contributed by atoms with Crippen LogP contribution < -0.4 is 10.4 Å². The minimum absolute atomic E-state index is 0.181. The number of carboxylic acid groups (broad SMARTS) is 1. The first-order valence-electron chi connectivity index (χ1n) is 6.69. The second-order valence-corrected chi connectivity index (χ2v) is 5.49. The monoisotopic (exact) mass is 255 g/mol. The van der Waals surface area contributed by atoms with Crippen LogP contribution in [0.15, 0.2) is 0 Å². The first-order valence-corrected chi connectivity index (χ1v) is 6.69. The number of nitrogens with one attached hydrogen (secondary N) is 1. The van der Waals surface area contributed by atoms with Crippen molar-refractivity contribution in [3.63, 3.8) is 0 Å². The predicted molar refractivity (Wildman–Crippen MR) is 66.8 cm³/mol. The fourth-order valence-electron chi connectivity index (χ4n) is 2.32. The summed E-state index contributed by atoms with van der Waals surface area (Å²) in [6.45, 7) is 6.54. The molecule has 0 saturated carbocycles. The highest BCUT2D eigenvalue weighted by Crippen LogP contribution is 2.16. The Morgan fingerprint density at radius 1 is 1.39 bits per heavy atom. The topological polar surface area (TPSA) is 72.5 Å². The third kappa shape index (κ3) is 4.20. The molecule has 0 unspecified atom stereocenters. The highest BCUT2D eigenvalue weighted by atomic mass is 16.4. The van der Waals surface area contributed by atoms with Gasteiger partial charge in [-0.2, -0.15) is 0 Å². The Labute approximate surface area is 109 Å². The largest absolute Gasteiger partial charge is 0.548 e. The van der Waals surface area contributed by atoms with Crippen molar-refractivity contribution in [3.8, 4) is 0 Å². The molecule has 1 aliphatic heterocycles. The van der Waals surface area contributed by atoms with E-state index in [1.54, 1.807) is 4.90 Å². The minimum Gasteiger partial charge on any atom is -0.548 e. The fraction of sp³-hybridized carbons (Fsp3) is 0.846. The molecule has 18 heavy (non-hydrogen) atoms. The summed E-state index contributed by atoms with van der Waals surface area (Å²) in [6.07, 6.45) is 3.49. The summed E-state index contributed by atoms with van der Waals surface area (Å²) in [6, 6.07) is -0.996. The van der Waals surface area contributed by atoms with E-state index in [-0.39, 0.29) is 18.0 Å². The van der Waals surface area contributed by atoms with Crippen molar-refractivity contribution < 1.29 is 14.7 Å². The maximum atomic E-state index is 12.0. The van der Waals surface area contributed by atoms with Crippen molar-refractivity contribution in [2.45, 2.75) is 58.5 Å². The zero-order chi connectivity index (χ0) is 13.7. The van der Waals surface area contributed by atoms with E-state index in [1.165, 1.54) is 0 Å². The first-order chi connectivity index (χ1) is 8.41. The summed E-state index contributed by atoms with van der Waals surface area (Å²) in [7, 11) is 0. The van der Waals surface area contributed by atoms with Crippen LogP contribution in [0.1, 0.15) is 46.5 Å². The van der Waals surface area contributed by atoms with Gasteiger partial charge in [-0.3, -0.25) is 0 Å². The molecule has 0 radical (unpaired) electrons. The molecule has 0 spiro atoms. The number of piperidine rings is 1. The average Bonchev–Trinajstić information content (AvgIpc) is 2.27. The molecule has 1 N–H and O–H groups in total. The molecule has 1 fully saturated rings. The summed E-state index contributed by atoms with van der Waals surface area (Å²) in [5.41, 5.74) is 0. The molecular weight excluding hydrogens is 232 g/mol. The van der Waals surface area contributed by atoms with Crippen molar-refractivity contribution >= 4 is 12.0 Å². The lowest BCUT2D eigenvalue weighted by molar-refractivity contribution is -0.308. The third-order valence-electron chi connectivity index (χ3n) is 3.35. The van der Waals surface area contributed by atoms with Crippen molar-refractivity contribution in [2.24, 2.45) is 5.92 Å². The van der Waals surface area contributed by atoms with Crippen LogP contribution in [0.25, 0.3) is 0 Å². The Morgan fingerprint density at radius 3 is 2.56 bits per heavy atom. The molecule has 5 heteroatoms. The number of hydrogen-bond donors (Lipinski definition) is 1. The number of likely N-dealkylation sites (tertiary alicyclic amines) is 1. The van der Waals surface area contributed by atoms with E-state index in [9.17, 15) is 14.7 Å². The van der Waals surface area contributed by atoms with Gasteiger partial charge in [0.1, 0.15) is 0 Å². The van der Waals surface area contributed by atoms with E-state index >= 15 is 0 Å². The Hall–Kier alpha value is -1.26. The van der Waals surface area contributed by atoms with Gasteiger partial charge in [-0.25, -0.2) is 4.79 Å². The van der Waals surface area contributed by atoms with Gasteiger partial charge in [-0.1, -0.05) is 13.8 Å². The van der Waals surface area contributed by atoms with Gasteiger partial charge < -0.3 is 20.1 Å². The van der Waals surface area contributed by atoms with Gasteiger partial charge in [-0.05, 0) is 38.5 Å². The number of carbonyl (C=O) groups is 2. The zero-order valence-electron chi connectivity index (χ0n) is 11.4. The van der Waals surface area contributed by atoms with Gasteiger partial charge in [0, 0.05) is 12.6 Å². The number of hydrogen-bond acceptors (Lipinski definition) is 3. The highest BCUT2D eigenvalue weighted by Gasteiger charge is 2.25. The molecule has 104 valence electrons. The van der Waals surface area contributed by atoms with E-state index in [0.717, 1.165) is 19.3 Å². The van der Waals surface area contributed by atoms with E-state index in [0.29, 0.717) is 13.0 Å². The van der Waals surface area contributed by atoms with Crippen LogP contribution >= 0.6 is 0 Å². The Kier molecular flexibility index (Phi) is 5.44. The van der Waals surface area contributed by atoms with Gasteiger partial charge in [0.2, 0.25) is 0 Å². The lowest BCUT2D eigenvalue weighted by atomic mass is 10.0. The van der Waals surface area contributed by atoms with E-state index in [2.05, 4.69) is 5.32 Å². The normalized spacial score (nSPS) is 21.8. The summed E-state index contributed by atoms with van der Waals surface area (Å²) in [5.74, 6) is -1.01. The Morgan fingerprint density at radius 2 is 2.06 bits per heavy atom. The molecule has 5 nitrogen and oxygen atoms in total. The molecular formula is C13H23N2O3-. The zero-order valence-corrected chi connectivity index (χ0v) is 11.4. The predicted octanol–water partition coefficient (Wildman–Crippen LogP) is 0.735. The maximum absolute atomic E-state index is 12.0. The second-order valence-electron chi connectivity index (χ2n) is 5.49. The number of carboxylic acids is 1. The molecule has 1 rings (SSSR count). The van der Waals surface area contributed by atoms with Crippen LogP contribution in [-0.2, 0) is 4.79 Å². The maximum Gasteiger partial charge on any atom is 0.318 e. The molecule has 0 aromatic rings. The molecule has 0 aromatic heterocycles. The second kappa shape index (κ2) is 6.61. The van der Waals surface area contributed by atoms with Crippen molar-refractivity contribution in [1.29, 1.82) is 0 Å². The van der Waals surface area contributed by atoms with Crippen LogP contribution in [0.4, 0.5) is 4.79 Å². The quantitative estimate of drug-likeness (QED) is 0.805. The summed E-state index contributed by atoms with van der Waals surface area (Å²) in [5, 5.41) is 13.6. The number of rotatable bonds is 4. The van der Waals surface area contributed by atoms with Crippen molar-refractivity contribution in [3.05, 3.63) is 0 Å². The minimum atomic E-state index is -1.21. The highest BCUT2D eigenvalue weighted by molar-refractivity contribution is 5.81. The van der Waals surface area contributed by atoms with Crippen molar-refractivity contribution in [2.75, 3.05) is 6.54 Å². The Balaban J connectivity index is 2.57. The van der Waals surface area contributed by atoms with Gasteiger partial charge in [0.15, 0.2) is 0 Å². The smallest absolute Gasteiger partial charge is 0.318 e. The molecule has 1 aliphatic rings. The molecule has 0 aromatic carbocycles. The van der Waals surface area contributed by atoms with Gasteiger partial charge in [0.25, 0.3) is 0 Å². The summed E-state index contributed by atoms with van der Waals surface area (Å²) >= 11 is 0. The molecule has 0 aliphatic carbocycles. The molecule has 2 amide bonds. The molecule has 0 bridgehead atoms. The number of nitrogens with zero attached hydrogens (tertiary/aromatic N) is 1. The van der Waals surface area contributed by atoms with Gasteiger partial charge in [-0.15, -0.1) is 0 Å². The number of amides is 2. The average molecular weight is 255 g/mol. The lowest BCUT2D eigenvalue weighted by Gasteiger charge is -2.35. The van der Waals surface area contributed by atoms with E-state index in [4.69, 9.17) is 0 Å². The standard InChI is InChI=1S/C13H24N2O3/c1-9(2)8-11(12(16)17)14-13(18)15-7-5-4-6-10(15)3/h9-11H,4-8H2,1-3H3,(H,14,18)(H,16,17)/p-1/t10-,11-/m0/s1. The first kappa shape index (κ1) is 14.8. The van der Waals surface area contributed by atoms with Crippen LogP contribution in [0, 0.1) is 5.92 Å². The fourth-order valence-corrected chi connectivity index (χ4v) is 2.32. The van der Waals surface area contributed by atoms with E-state index < -0.39 is 12.0 Å². The van der Waals surface area contributed by atoms with Crippen LogP contribution in [0.5, 0.6) is 0 Å². The van der Waals surface area contributed by atoms with Gasteiger partial charge >= 0.3 is 6.03 Å². The number of aliphatic carboxylic acids is 1. The number of urea groups is 1. The number of carbonyl (C=O) groups excluding carboxylic acids is 2. The summed E-state index contributed by atoms with van der Waals surface area (Å²) < 4.78 is 0. The van der Waals surface area contributed by atoms with Crippen LogP contribution in [-0.4, -0.2) is 35.5 Å². The van der Waals surface area contributed by atoms with E-state index in [1.807, 2.05) is 20.8 Å². The van der Waals surface area contributed by atoms with Crippen LogP contribution in [0.3, 0.4) is 0 Å². The lowest BCUT2D eigenvalue weighted by Crippen LogP contribution is -2.55. The van der Waals surface area contributed by atoms with Gasteiger partial charge in [0.05, 0.1) is 12.0 Å². The van der Waals surface area contributed by atoms with Crippen LogP contribution in [0.2, 0.25) is 0 Å². The molecule has 1 saturated heterocycles. The molecule has 1 heterocycles. The third-order valence-corrected chi connectivity index (χ3v) is 3.35. The Bertz CT molecular complexity index is 305. The SMILES string of the molecule is CC(C)C[C@H](NC(=O)N1CCCC[C@@H]1C)C(=O)[O-]. The van der Waals surface area contributed by atoms with Crippen molar-refractivity contribution in [1.82, 2.24) is 10.2 Å². The summed E-state index contributed by atoms with van der Waals surface area (Å²) in [4.78, 5) is 24.7.